The van der Waals surface area contributed by atoms with Crippen LogP contribution >= 0.6 is 0 Å². The molecule has 2 aromatic carbocycles. The summed E-state index contributed by atoms with van der Waals surface area (Å²) >= 11 is 0. The van der Waals surface area contributed by atoms with Crippen molar-refractivity contribution < 1.29 is 4.74 Å². The molecular formula is C32H42O. The first-order chi connectivity index (χ1) is 15.8. The number of rotatable bonds is 12. The minimum Gasteiger partial charge on any atom is -0.457 e. The van der Waals surface area contributed by atoms with Gasteiger partial charge in [0.2, 0.25) is 0 Å². The molecular weight excluding hydrogens is 400 g/mol. The topological polar surface area (TPSA) is 9.23 Å². The fourth-order valence-corrected chi connectivity index (χ4v) is 3.61. The Morgan fingerprint density at radius 3 is 1.36 bits per heavy atom. The van der Waals surface area contributed by atoms with E-state index < -0.39 is 0 Å². The Balaban J connectivity index is 2.08. The molecule has 176 valence electrons. The Morgan fingerprint density at radius 2 is 0.970 bits per heavy atom. The largest absolute Gasteiger partial charge is 0.457 e. The van der Waals surface area contributed by atoms with Gasteiger partial charge in [0, 0.05) is 0 Å². The number of hydrogen-bond acceptors (Lipinski definition) is 1. The summed E-state index contributed by atoms with van der Waals surface area (Å²) < 4.78 is 6.45. The predicted octanol–water partition coefficient (Wildman–Crippen LogP) is 9.95. The van der Waals surface area contributed by atoms with Gasteiger partial charge in [-0.25, -0.2) is 0 Å². The maximum absolute atomic E-state index is 6.45. The third kappa shape index (κ3) is 10.6. The van der Waals surface area contributed by atoms with Gasteiger partial charge in [-0.1, -0.05) is 83.0 Å². The van der Waals surface area contributed by atoms with Crippen LogP contribution in [0.4, 0.5) is 0 Å². The van der Waals surface area contributed by atoms with Crippen LogP contribution in [0.5, 0.6) is 11.5 Å². The molecule has 2 rings (SSSR count). The summed E-state index contributed by atoms with van der Waals surface area (Å²) in [5.41, 5.74) is 8.08. The van der Waals surface area contributed by atoms with Crippen molar-refractivity contribution in [1.82, 2.24) is 0 Å². The summed E-state index contributed by atoms with van der Waals surface area (Å²) in [6.07, 6.45) is 15.5. The highest BCUT2D eigenvalue weighted by atomic mass is 16.5. The van der Waals surface area contributed by atoms with E-state index in [0.29, 0.717) is 0 Å². The lowest BCUT2D eigenvalue weighted by Gasteiger charge is -2.13. The van der Waals surface area contributed by atoms with Crippen LogP contribution in [0.2, 0.25) is 0 Å². The Hall–Kier alpha value is -2.80. The molecule has 0 amide bonds. The first kappa shape index (κ1) is 26.5. The predicted molar refractivity (Wildman–Crippen MR) is 145 cm³/mol. The lowest BCUT2D eigenvalue weighted by Crippen LogP contribution is -1.95. The van der Waals surface area contributed by atoms with Crippen LogP contribution in [0, 0.1) is 0 Å². The monoisotopic (exact) mass is 442 g/mol. The molecule has 0 atom stereocenters. The molecule has 0 N–H and O–H groups in total. The molecule has 0 radical (unpaired) electrons. The third-order valence-electron chi connectivity index (χ3n) is 5.69. The molecule has 0 fully saturated rings. The summed E-state index contributed by atoms with van der Waals surface area (Å²) in [4.78, 5) is 0. The van der Waals surface area contributed by atoms with Crippen molar-refractivity contribution in [2.75, 3.05) is 0 Å². The van der Waals surface area contributed by atoms with Crippen LogP contribution in [-0.4, -0.2) is 0 Å². The zero-order valence-electron chi connectivity index (χ0n) is 21.6. The molecule has 1 heteroatoms. The molecule has 0 aliphatic carbocycles. The van der Waals surface area contributed by atoms with Gasteiger partial charge < -0.3 is 4.74 Å². The Kier molecular flexibility index (Phi) is 11.5. The van der Waals surface area contributed by atoms with Gasteiger partial charge in [-0.15, -0.1) is 0 Å². The molecule has 0 aromatic heterocycles. The van der Waals surface area contributed by atoms with E-state index in [1.54, 1.807) is 0 Å². The molecule has 2 aromatic rings. The van der Waals surface area contributed by atoms with E-state index in [1.165, 1.54) is 33.4 Å². The van der Waals surface area contributed by atoms with Gasteiger partial charge in [0.1, 0.15) is 11.5 Å². The van der Waals surface area contributed by atoms with Crippen molar-refractivity contribution in [3.63, 3.8) is 0 Å². The minimum absolute atomic E-state index is 0.891. The molecule has 0 saturated heterocycles. The second kappa shape index (κ2) is 14.4. The Labute approximate surface area is 202 Å². The molecule has 33 heavy (non-hydrogen) atoms. The molecule has 0 heterocycles. The molecule has 0 spiro atoms. The highest BCUT2D eigenvalue weighted by Crippen LogP contribution is 2.29. The maximum atomic E-state index is 6.45. The molecule has 0 bridgehead atoms. The van der Waals surface area contributed by atoms with E-state index in [-0.39, 0.29) is 0 Å². The van der Waals surface area contributed by atoms with Gasteiger partial charge in [-0.3, -0.25) is 0 Å². The van der Waals surface area contributed by atoms with E-state index in [0.717, 1.165) is 50.0 Å². The van der Waals surface area contributed by atoms with Crippen molar-refractivity contribution >= 4 is 0 Å². The number of allylic oxidation sites excluding steroid dienone is 8. The molecule has 0 aliphatic rings. The molecule has 0 aliphatic heterocycles. The molecule has 0 unspecified atom stereocenters. The summed E-state index contributed by atoms with van der Waals surface area (Å²) in [5, 5.41) is 0. The Bertz CT molecular complexity index is 911. The van der Waals surface area contributed by atoms with Crippen LogP contribution < -0.4 is 4.74 Å². The quantitative estimate of drug-likeness (QED) is 0.297. The van der Waals surface area contributed by atoms with Gasteiger partial charge in [0.25, 0.3) is 0 Å². The van der Waals surface area contributed by atoms with Gasteiger partial charge >= 0.3 is 0 Å². The average Bonchev–Trinajstić information content (AvgIpc) is 2.77. The first-order valence-electron chi connectivity index (χ1n) is 12.3. The Morgan fingerprint density at radius 1 is 0.576 bits per heavy atom. The number of benzene rings is 2. The van der Waals surface area contributed by atoms with Gasteiger partial charge in [0.15, 0.2) is 0 Å². The fourth-order valence-electron chi connectivity index (χ4n) is 3.61. The van der Waals surface area contributed by atoms with Crippen molar-refractivity contribution in [1.29, 1.82) is 0 Å². The van der Waals surface area contributed by atoms with E-state index in [4.69, 9.17) is 4.74 Å². The van der Waals surface area contributed by atoms with Crippen molar-refractivity contribution in [2.45, 2.75) is 80.1 Å². The number of para-hydroxylation sites is 2. The van der Waals surface area contributed by atoms with E-state index in [9.17, 15) is 0 Å². The highest BCUT2D eigenvalue weighted by Gasteiger charge is 2.07. The minimum atomic E-state index is 0.891. The SMILES string of the molecule is CC(C)=CCC/C(C)=C/Cc1ccccc1Oc1ccccc1C/C=C(\C)CCC=C(C)C. The number of ether oxygens (including phenoxy) is 1. The second-order valence-electron chi connectivity index (χ2n) is 9.47. The van der Waals surface area contributed by atoms with Gasteiger partial charge in [0.05, 0.1) is 0 Å². The zero-order chi connectivity index (χ0) is 24.1. The summed E-state index contributed by atoms with van der Waals surface area (Å²) in [6, 6.07) is 16.8. The smallest absolute Gasteiger partial charge is 0.130 e. The standard InChI is InChI=1S/C32H42O/c1-25(2)13-11-15-27(5)21-23-29-17-7-9-19-31(29)33-32-20-10-8-18-30(32)24-22-28(6)16-12-14-26(3)4/h7-10,13-14,17-22H,11-12,15-16,23-24H2,1-6H3/b27-21+,28-22+. The third-order valence-corrected chi connectivity index (χ3v) is 5.69. The maximum Gasteiger partial charge on any atom is 0.130 e. The van der Waals surface area contributed by atoms with Crippen LogP contribution in [0.25, 0.3) is 0 Å². The van der Waals surface area contributed by atoms with E-state index >= 15 is 0 Å². The normalized spacial score (nSPS) is 11.8. The van der Waals surface area contributed by atoms with Crippen LogP contribution in [0.1, 0.15) is 78.4 Å². The summed E-state index contributed by atoms with van der Waals surface area (Å²) in [7, 11) is 0. The highest BCUT2D eigenvalue weighted by molar-refractivity contribution is 5.43. The van der Waals surface area contributed by atoms with Gasteiger partial charge in [-0.2, -0.15) is 0 Å². The average molecular weight is 443 g/mol. The lowest BCUT2D eigenvalue weighted by molar-refractivity contribution is 0.472. The summed E-state index contributed by atoms with van der Waals surface area (Å²) in [6.45, 7) is 13.1. The van der Waals surface area contributed by atoms with Crippen LogP contribution in [0.3, 0.4) is 0 Å². The van der Waals surface area contributed by atoms with Crippen molar-refractivity contribution in [3.8, 4) is 11.5 Å². The van der Waals surface area contributed by atoms with Crippen molar-refractivity contribution in [2.24, 2.45) is 0 Å². The van der Waals surface area contributed by atoms with Crippen molar-refractivity contribution in [3.05, 3.63) is 106 Å². The second-order valence-corrected chi connectivity index (χ2v) is 9.47. The lowest BCUT2D eigenvalue weighted by atomic mass is 10.0. The van der Waals surface area contributed by atoms with E-state index in [1.807, 2.05) is 0 Å². The number of hydrogen-bond donors (Lipinski definition) is 0. The fraction of sp³-hybridized carbons (Fsp3) is 0.375. The zero-order valence-corrected chi connectivity index (χ0v) is 21.6. The first-order valence-corrected chi connectivity index (χ1v) is 12.3. The van der Waals surface area contributed by atoms with Gasteiger partial charge in [-0.05, 0) is 103 Å². The molecule has 0 saturated carbocycles. The summed E-state index contributed by atoms with van der Waals surface area (Å²) in [5.74, 6) is 1.89. The van der Waals surface area contributed by atoms with E-state index in [2.05, 4.69) is 114 Å². The van der Waals surface area contributed by atoms with Crippen LogP contribution in [-0.2, 0) is 12.8 Å². The van der Waals surface area contributed by atoms with Crippen LogP contribution in [0.15, 0.2) is 95.1 Å². The molecule has 1 nitrogen and oxygen atoms in total.